The van der Waals surface area contributed by atoms with Gasteiger partial charge in [-0.2, -0.15) is 0 Å². The van der Waals surface area contributed by atoms with Gasteiger partial charge >= 0.3 is 6.03 Å². The molecule has 1 heterocycles. The van der Waals surface area contributed by atoms with Crippen molar-refractivity contribution in [3.05, 3.63) is 60.4 Å². The zero-order chi connectivity index (χ0) is 16.5. The van der Waals surface area contributed by atoms with Gasteiger partial charge in [0.25, 0.3) is 0 Å². The number of amides is 2. The second-order valence-electron chi connectivity index (χ2n) is 5.64. The van der Waals surface area contributed by atoms with Gasteiger partial charge < -0.3 is 19.9 Å². The maximum absolute atomic E-state index is 12.0. The third-order valence-electron chi connectivity index (χ3n) is 3.80. The number of nitrogens with one attached hydrogen (secondary N) is 1. The molecule has 1 atom stereocenters. The summed E-state index contributed by atoms with van der Waals surface area (Å²) in [5.74, 6) is 0. The van der Waals surface area contributed by atoms with Crippen LogP contribution in [0.15, 0.2) is 54.9 Å². The van der Waals surface area contributed by atoms with E-state index in [4.69, 9.17) is 0 Å². The molecular weight excluding hydrogens is 290 g/mol. The Labute approximate surface area is 137 Å². The first-order valence-corrected chi connectivity index (χ1v) is 7.99. The lowest BCUT2D eigenvalue weighted by Crippen LogP contribution is -2.38. The molecule has 2 rings (SSSR count). The van der Waals surface area contributed by atoms with Crippen LogP contribution in [-0.4, -0.2) is 40.7 Å². The summed E-state index contributed by atoms with van der Waals surface area (Å²) in [6, 6.07) is 13.4. The van der Waals surface area contributed by atoms with Crippen molar-refractivity contribution in [3.63, 3.8) is 0 Å². The number of hydrogen-bond acceptors (Lipinski definition) is 2. The molecule has 124 valence electrons. The van der Waals surface area contributed by atoms with E-state index in [1.165, 1.54) is 0 Å². The lowest BCUT2D eigenvalue weighted by molar-refractivity contribution is 0.150. The van der Waals surface area contributed by atoms with Crippen LogP contribution in [0, 0.1) is 0 Å². The van der Waals surface area contributed by atoms with Crippen LogP contribution in [0.1, 0.15) is 24.5 Å². The molecule has 0 saturated carbocycles. The molecular formula is C18H25N3O2. The molecule has 0 fully saturated rings. The van der Waals surface area contributed by atoms with Gasteiger partial charge in [0.15, 0.2) is 0 Å². The average molecular weight is 315 g/mol. The van der Waals surface area contributed by atoms with E-state index in [1.54, 1.807) is 11.9 Å². The smallest absolute Gasteiger partial charge is 0.317 e. The zero-order valence-electron chi connectivity index (χ0n) is 13.6. The van der Waals surface area contributed by atoms with E-state index in [9.17, 15) is 9.90 Å². The van der Waals surface area contributed by atoms with E-state index in [0.29, 0.717) is 19.5 Å². The first-order valence-electron chi connectivity index (χ1n) is 7.99. The van der Waals surface area contributed by atoms with Crippen molar-refractivity contribution >= 4 is 6.03 Å². The fourth-order valence-electron chi connectivity index (χ4n) is 2.37. The van der Waals surface area contributed by atoms with E-state index >= 15 is 0 Å². The van der Waals surface area contributed by atoms with Crippen LogP contribution in [0.2, 0.25) is 0 Å². The molecule has 0 aliphatic carbocycles. The minimum absolute atomic E-state index is 0.0993. The fourth-order valence-corrected chi connectivity index (χ4v) is 2.37. The third-order valence-corrected chi connectivity index (χ3v) is 3.80. The number of nitrogens with zero attached hydrogens (tertiary/aromatic N) is 2. The fraction of sp³-hybridized carbons (Fsp3) is 0.389. The Morgan fingerprint density at radius 3 is 2.61 bits per heavy atom. The minimum atomic E-state index is -0.541. The number of rotatable bonds is 8. The molecule has 5 nitrogen and oxygen atoms in total. The highest BCUT2D eigenvalue weighted by Gasteiger charge is 2.12. The van der Waals surface area contributed by atoms with Crippen molar-refractivity contribution in [3.8, 4) is 0 Å². The van der Waals surface area contributed by atoms with Crippen molar-refractivity contribution in [1.29, 1.82) is 0 Å². The molecule has 1 aromatic carbocycles. The maximum atomic E-state index is 12.0. The van der Waals surface area contributed by atoms with Crippen molar-refractivity contribution in [2.45, 2.75) is 25.5 Å². The minimum Gasteiger partial charge on any atom is -0.388 e. The number of aliphatic hydroxyl groups excluding tert-OH is 1. The number of urea groups is 1. The Hall–Kier alpha value is -2.27. The lowest BCUT2D eigenvalue weighted by atomic mass is 10.1. The van der Waals surface area contributed by atoms with Crippen LogP contribution in [-0.2, 0) is 6.54 Å². The normalized spacial score (nSPS) is 11.9. The summed E-state index contributed by atoms with van der Waals surface area (Å²) in [6.45, 7) is 2.05. The molecule has 0 radical (unpaired) electrons. The van der Waals surface area contributed by atoms with Crippen LogP contribution >= 0.6 is 0 Å². The maximum Gasteiger partial charge on any atom is 0.317 e. The van der Waals surface area contributed by atoms with Crippen molar-refractivity contribution in [2.75, 3.05) is 20.1 Å². The van der Waals surface area contributed by atoms with Crippen LogP contribution in [0.5, 0.6) is 0 Å². The average Bonchev–Trinajstić information content (AvgIpc) is 3.10. The zero-order valence-corrected chi connectivity index (χ0v) is 13.6. The lowest BCUT2D eigenvalue weighted by Gasteiger charge is -2.20. The summed E-state index contributed by atoms with van der Waals surface area (Å²) in [4.78, 5) is 13.6. The number of carbonyl (C=O) groups is 1. The van der Waals surface area contributed by atoms with E-state index in [0.717, 1.165) is 18.5 Å². The summed E-state index contributed by atoms with van der Waals surface area (Å²) in [6.07, 6.45) is 4.90. The molecule has 2 N–H and O–H groups in total. The van der Waals surface area contributed by atoms with Gasteiger partial charge in [-0.1, -0.05) is 30.3 Å². The van der Waals surface area contributed by atoms with E-state index in [1.807, 2.05) is 54.9 Å². The van der Waals surface area contributed by atoms with Gasteiger partial charge in [0.1, 0.15) is 0 Å². The Balaban J connectivity index is 1.62. The number of benzene rings is 1. The van der Waals surface area contributed by atoms with Gasteiger partial charge in [0, 0.05) is 39.1 Å². The number of aliphatic hydroxyl groups is 1. The van der Waals surface area contributed by atoms with Gasteiger partial charge in [0.05, 0.1) is 6.10 Å². The monoisotopic (exact) mass is 315 g/mol. The van der Waals surface area contributed by atoms with Crippen LogP contribution in [0.25, 0.3) is 0 Å². The van der Waals surface area contributed by atoms with Crippen molar-refractivity contribution in [2.24, 2.45) is 0 Å². The van der Waals surface area contributed by atoms with E-state index in [-0.39, 0.29) is 6.03 Å². The standard InChI is InChI=1S/C18H25N3O2/c1-20(15-10-17(22)16-8-3-2-4-9-16)18(23)19-11-7-14-21-12-5-6-13-21/h2-6,8-9,12-13,17,22H,7,10-11,14-15H2,1H3,(H,19,23)/t17-/m1/s1. The second kappa shape index (κ2) is 9.00. The molecule has 0 spiro atoms. The van der Waals surface area contributed by atoms with Crippen LogP contribution < -0.4 is 5.32 Å². The van der Waals surface area contributed by atoms with Gasteiger partial charge in [-0.15, -0.1) is 0 Å². The molecule has 0 saturated heterocycles. The molecule has 0 bridgehead atoms. The Morgan fingerprint density at radius 1 is 1.22 bits per heavy atom. The van der Waals surface area contributed by atoms with Gasteiger partial charge in [-0.3, -0.25) is 0 Å². The van der Waals surface area contributed by atoms with Crippen LogP contribution in [0.4, 0.5) is 4.79 Å². The highest BCUT2D eigenvalue weighted by Crippen LogP contribution is 2.15. The van der Waals surface area contributed by atoms with E-state index in [2.05, 4.69) is 9.88 Å². The topological polar surface area (TPSA) is 57.5 Å². The van der Waals surface area contributed by atoms with E-state index < -0.39 is 6.10 Å². The molecule has 1 aromatic heterocycles. The predicted octanol–water partition coefficient (Wildman–Crippen LogP) is 2.64. The number of hydrogen-bond donors (Lipinski definition) is 2. The van der Waals surface area contributed by atoms with Gasteiger partial charge in [-0.05, 0) is 30.5 Å². The summed E-state index contributed by atoms with van der Waals surface area (Å²) in [5.41, 5.74) is 0.882. The summed E-state index contributed by atoms with van der Waals surface area (Å²) in [7, 11) is 1.75. The molecule has 0 aliphatic rings. The molecule has 2 amide bonds. The van der Waals surface area contributed by atoms with Crippen molar-refractivity contribution in [1.82, 2.24) is 14.8 Å². The third kappa shape index (κ3) is 5.79. The quantitative estimate of drug-likeness (QED) is 0.736. The summed E-state index contributed by atoms with van der Waals surface area (Å²) >= 11 is 0. The molecule has 5 heteroatoms. The molecule has 2 aromatic rings. The SMILES string of the molecule is CN(CC[C@@H](O)c1ccccc1)C(=O)NCCCn1cccc1. The first-order chi connectivity index (χ1) is 11.2. The largest absolute Gasteiger partial charge is 0.388 e. The highest BCUT2D eigenvalue weighted by molar-refractivity contribution is 5.73. The van der Waals surface area contributed by atoms with Crippen molar-refractivity contribution < 1.29 is 9.90 Å². The second-order valence-corrected chi connectivity index (χ2v) is 5.64. The first kappa shape index (κ1) is 17.1. The van der Waals surface area contributed by atoms with Crippen LogP contribution in [0.3, 0.4) is 0 Å². The Morgan fingerprint density at radius 2 is 1.91 bits per heavy atom. The number of aromatic nitrogens is 1. The van der Waals surface area contributed by atoms with Gasteiger partial charge in [0.2, 0.25) is 0 Å². The predicted molar refractivity (Wildman–Crippen MR) is 91.1 cm³/mol. The number of aryl methyl sites for hydroxylation is 1. The summed E-state index contributed by atoms with van der Waals surface area (Å²) < 4.78 is 2.09. The number of carbonyl (C=O) groups excluding carboxylic acids is 1. The Bertz CT molecular complexity index is 569. The molecule has 23 heavy (non-hydrogen) atoms. The molecule has 0 aliphatic heterocycles. The summed E-state index contributed by atoms with van der Waals surface area (Å²) in [5, 5.41) is 13.0. The highest BCUT2D eigenvalue weighted by atomic mass is 16.3. The van der Waals surface area contributed by atoms with Gasteiger partial charge in [-0.25, -0.2) is 4.79 Å². The molecule has 0 unspecified atom stereocenters. The Kier molecular flexibility index (Phi) is 6.69.